The number of nitrogens with one attached hydrogen (secondary N) is 1. The lowest BCUT2D eigenvalue weighted by Crippen LogP contribution is -2.26. The van der Waals surface area contributed by atoms with E-state index in [1.165, 1.54) is 24.8 Å². The van der Waals surface area contributed by atoms with E-state index < -0.39 is 0 Å². The van der Waals surface area contributed by atoms with Gasteiger partial charge in [-0.3, -0.25) is 0 Å². The summed E-state index contributed by atoms with van der Waals surface area (Å²) >= 11 is 5.94. The van der Waals surface area contributed by atoms with Crippen molar-refractivity contribution in [2.45, 2.75) is 45.6 Å². The van der Waals surface area contributed by atoms with E-state index in [1.54, 1.807) is 0 Å². The van der Waals surface area contributed by atoms with Gasteiger partial charge in [0.1, 0.15) is 0 Å². The lowest BCUT2D eigenvalue weighted by Gasteiger charge is -2.12. The SMILES string of the molecule is CCCNC(C)CCCc1cccc(Cl)c1. The smallest absolute Gasteiger partial charge is 0.0408 e. The second kappa shape index (κ2) is 7.70. The minimum Gasteiger partial charge on any atom is -0.314 e. The monoisotopic (exact) mass is 239 g/mol. The minimum absolute atomic E-state index is 0.624. The van der Waals surface area contributed by atoms with Gasteiger partial charge >= 0.3 is 0 Å². The molecular formula is C14H22ClN. The number of hydrogen-bond acceptors (Lipinski definition) is 1. The molecular weight excluding hydrogens is 218 g/mol. The van der Waals surface area contributed by atoms with Crippen molar-refractivity contribution in [1.82, 2.24) is 5.32 Å². The molecule has 2 heteroatoms. The Hall–Kier alpha value is -0.530. The molecule has 1 rings (SSSR count). The normalized spacial score (nSPS) is 12.7. The van der Waals surface area contributed by atoms with Gasteiger partial charge in [-0.2, -0.15) is 0 Å². The first-order valence-corrected chi connectivity index (χ1v) is 6.58. The average Bonchev–Trinajstić information content (AvgIpc) is 2.26. The molecule has 90 valence electrons. The van der Waals surface area contributed by atoms with E-state index in [-0.39, 0.29) is 0 Å². The van der Waals surface area contributed by atoms with Crippen molar-refractivity contribution >= 4 is 11.6 Å². The predicted molar refractivity (Wildman–Crippen MR) is 72.1 cm³/mol. The van der Waals surface area contributed by atoms with Crippen molar-refractivity contribution in [2.24, 2.45) is 0 Å². The Morgan fingerprint density at radius 1 is 1.38 bits per heavy atom. The fraction of sp³-hybridized carbons (Fsp3) is 0.571. The van der Waals surface area contributed by atoms with Crippen LogP contribution in [0.1, 0.15) is 38.7 Å². The van der Waals surface area contributed by atoms with E-state index in [9.17, 15) is 0 Å². The van der Waals surface area contributed by atoms with Gasteiger partial charge in [0.15, 0.2) is 0 Å². The molecule has 0 spiro atoms. The summed E-state index contributed by atoms with van der Waals surface area (Å²) in [7, 11) is 0. The molecule has 1 nitrogen and oxygen atoms in total. The highest BCUT2D eigenvalue weighted by molar-refractivity contribution is 6.30. The molecule has 0 aliphatic rings. The van der Waals surface area contributed by atoms with Gasteiger partial charge in [-0.1, -0.05) is 30.7 Å². The lowest BCUT2D eigenvalue weighted by molar-refractivity contribution is 0.498. The first kappa shape index (κ1) is 13.5. The zero-order valence-electron chi connectivity index (χ0n) is 10.3. The van der Waals surface area contributed by atoms with Gasteiger partial charge in [0.25, 0.3) is 0 Å². The molecule has 0 aliphatic heterocycles. The molecule has 0 amide bonds. The highest BCUT2D eigenvalue weighted by Gasteiger charge is 2.00. The summed E-state index contributed by atoms with van der Waals surface area (Å²) in [6, 6.07) is 8.79. The summed E-state index contributed by atoms with van der Waals surface area (Å²) in [6.07, 6.45) is 4.78. The third-order valence-corrected chi connectivity index (χ3v) is 2.97. The second-order valence-electron chi connectivity index (χ2n) is 4.38. The molecule has 0 bridgehead atoms. The maximum absolute atomic E-state index is 5.94. The van der Waals surface area contributed by atoms with Crippen LogP contribution in [-0.2, 0) is 6.42 Å². The summed E-state index contributed by atoms with van der Waals surface area (Å²) in [4.78, 5) is 0. The van der Waals surface area contributed by atoms with Crippen LogP contribution >= 0.6 is 11.6 Å². The summed E-state index contributed by atoms with van der Waals surface area (Å²) in [5.74, 6) is 0. The van der Waals surface area contributed by atoms with Gasteiger partial charge in [0.05, 0.1) is 0 Å². The van der Waals surface area contributed by atoms with Gasteiger partial charge in [0, 0.05) is 11.1 Å². The Morgan fingerprint density at radius 2 is 2.19 bits per heavy atom. The van der Waals surface area contributed by atoms with Crippen LogP contribution in [0.4, 0.5) is 0 Å². The van der Waals surface area contributed by atoms with Crippen molar-refractivity contribution in [2.75, 3.05) is 6.54 Å². The predicted octanol–water partition coefficient (Wildman–Crippen LogP) is 4.05. The molecule has 0 saturated carbocycles. The number of benzene rings is 1. The van der Waals surface area contributed by atoms with Gasteiger partial charge in [-0.05, 0) is 56.8 Å². The average molecular weight is 240 g/mol. The maximum Gasteiger partial charge on any atom is 0.0408 e. The molecule has 1 N–H and O–H groups in total. The quantitative estimate of drug-likeness (QED) is 0.757. The van der Waals surface area contributed by atoms with Crippen LogP contribution in [-0.4, -0.2) is 12.6 Å². The number of hydrogen-bond donors (Lipinski definition) is 1. The first-order chi connectivity index (χ1) is 7.72. The van der Waals surface area contributed by atoms with E-state index in [1.807, 2.05) is 12.1 Å². The van der Waals surface area contributed by atoms with Gasteiger partial charge in [-0.15, -0.1) is 0 Å². The van der Waals surface area contributed by atoms with Crippen molar-refractivity contribution in [3.63, 3.8) is 0 Å². The van der Waals surface area contributed by atoms with Crippen LogP contribution in [0.2, 0.25) is 5.02 Å². The van der Waals surface area contributed by atoms with Crippen molar-refractivity contribution in [3.05, 3.63) is 34.9 Å². The van der Waals surface area contributed by atoms with E-state index in [4.69, 9.17) is 11.6 Å². The molecule has 0 radical (unpaired) electrons. The summed E-state index contributed by atoms with van der Waals surface area (Å²) in [5, 5.41) is 4.35. The molecule has 0 saturated heterocycles. The topological polar surface area (TPSA) is 12.0 Å². The Bertz CT molecular complexity index is 299. The van der Waals surface area contributed by atoms with Gasteiger partial charge in [-0.25, -0.2) is 0 Å². The molecule has 16 heavy (non-hydrogen) atoms. The van der Waals surface area contributed by atoms with Gasteiger partial charge < -0.3 is 5.32 Å². The summed E-state index contributed by atoms with van der Waals surface area (Å²) < 4.78 is 0. The fourth-order valence-electron chi connectivity index (χ4n) is 1.80. The Kier molecular flexibility index (Phi) is 6.51. The minimum atomic E-state index is 0.624. The number of halogens is 1. The molecule has 0 heterocycles. The largest absolute Gasteiger partial charge is 0.314 e. The fourth-order valence-corrected chi connectivity index (χ4v) is 2.01. The van der Waals surface area contributed by atoms with E-state index in [2.05, 4.69) is 31.3 Å². The molecule has 1 unspecified atom stereocenters. The number of aryl methyl sites for hydroxylation is 1. The van der Waals surface area contributed by atoms with Crippen molar-refractivity contribution in [3.8, 4) is 0 Å². The lowest BCUT2D eigenvalue weighted by atomic mass is 10.1. The zero-order valence-corrected chi connectivity index (χ0v) is 11.1. The Labute approximate surface area is 104 Å². The van der Waals surface area contributed by atoms with E-state index >= 15 is 0 Å². The Morgan fingerprint density at radius 3 is 2.88 bits per heavy atom. The summed E-state index contributed by atoms with van der Waals surface area (Å²) in [5.41, 5.74) is 1.34. The van der Waals surface area contributed by atoms with Crippen LogP contribution in [0.3, 0.4) is 0 Å². The molecule has 0 aromatic heterocycles. The van der Waals surface area contributed by atoms with Crippen LogP contribution in [0.15, 0.2) is 24.3 Å². The third kappa shape index (κ3) is 5.53. The van der Waals surface area contributed by atoms with Crippen molar-refractivity contribution in [1.29, 1.82) is 0 Å². The summed E-state index contributed by atoms with van der Waals surface area (Å²) in [6.45, 7) is 5.58. The molecule has 0 fully saturated rings. The molecule has 1 atom stereocenters. The first-order valence-electron chi connectivity index (χ1n) is 6.20. The molecule has 1 aromatic carbocycles. The highest BCUT2D eigenvalue weighted by atomic mass is 35.5. The molecule has 0 aliphatic carbocycles. The Balaban J connectivity index is 2.20. The highest BCUT2D eigenvalue weighted by Crippen LogP contribution is 2.13. The van der Waals surface area contributed by atoms with Crippen LogP contribution < -0.4 is 5.32 Å². The number of rotatable bonds is 7. The molecule has 1 aromatic rings. The van der Waals surface area contributed by atoms with Crippen LogP contribution in [0.25, 0.3) is 0 Å². The third-order valence-electron chi connectivity index (χ3n) is 2.73. The van der Waals surface area contributed by atoms with Gasteiger partial charge in [0.2, 0.25) is 0 Å². The van der Waals surface area contributed by atoms with E-state index in [0.717, 1.165) is 18.0 Å². The van der Waals surface area contributed by atoms with Crippen LogP contribution in [0.5, 0.6) is 0 Å². The van der Waals surface area contributed by atoms with E-state index in [0.29, 0.717) is 6.04 Å². The maximum atomic E-state index is 5.94. The second-order valence-corrected chi connectivity index (χ2v) is 4.81. The zero-order chi connectivity index (χ0) is 11.8. The van der Waals surface area contributed by atoms with Crippen molar-refractivity contribution < 1.29 is 0 Å². The standard InChI is InChI=1S/C14H22ClN/c1-3-10-16-12(2)6-4-7-13-8-5-9-14(15)11-13/h5,8-9,11-12,16H,3-4,6-7,10H2,1-2H3. The van der Waals surface area contributed by atoms with Crippen LogP contribution in [0, 0.1) is 0 Å².